The van der Waals surface area contributed by atoms with Gasteiger partial charge in [0.2, 0.25) is 0 Å². The second kappa shape index (κ2) is 3.42. The lowest BCUT2D eigenvalue weighted by atomic mass is 10.0. The number of hydrogen-bond donors (Lipinski definition) is 1. The average Bonchev–Trinajstić information content (AvgIpc) is 2.83. The maximum atomic E-state index is 13.8. The van der Waals surface area contributed by atoms with Gasteiger partial charge in [0.15, 0.2) is 0 Å². The van der Waals surface area contributed by atoms with Gasteiger partial charge in [-0.15, -0.1) is 0 Å². The number of imidazole rings is 1. The summed E-state index contributed by atoms with van der Waals surface area (Å²) in [5.41, 5.74) is 2.48. The summed E-state index contributed by atoms with van der Waals surface area (Å²) in [5, 5.41) is 9.05. The molecule has 2 aromatic rings. The van der Waals surface area contributed by atoms with E-state index >= 15 is 0 Å². The number of halogens is 1. The molecule has 82 valence electrons. The first-order chi connectivity index (χ1) is 7.83. The van der Waals surface area contributed by atoms with Crippen molar-refractivity contribution >= 4 is 0 Å². The van der Waals surface area contributed by atoms with Gasteiger partial charge in [0, 0.05) is 17.7 Å². The van der Waals surface area contributed by atoms with E-state index in [1.165, 1.54) is 6.07 Å². The molecule has 1 atom stereocenters. The normalized spacial score (nSPS) is 17.2. The van der Waals surface area contributed by atoms with Gasteiger partial charge in [-0.05, 0) is 12.5 Å². The molecule has 1 aromatic heterocycles. The summed E-state index contributed by atoms with van der Waals surface area (Å²) < 4.78 is 15.7. The molecular weight excluding hydrogens is 207 g/mol. The largest absolute Gasteiger partial charge is 0.396 e. The van der Waals surface area contributed by atoms with Gasteiger partial charge in [0.1, 0.15) is 5.82 Å². The predicted octanol–water partition coefficient (Wildman–Crippen LogP) is 1.97. The van der Waals surface area contributed by atoms with E-state index in [4.69, 9.17) is 5.11 Å². The van der Waals surface area contributed by atoms with Crippen molar-refractivity contribution < 1.29 is 9.50 Å². The van der Waals surface area contributed by atoms with Crippen LogP contribution in [0.2, 0.25) is 0 Å². The van der Waals surface area contributed by atoms with Crippen LogP contribution in [0.5, 0.6) is 0 Å². The lowest BCUT2D eigenvalue weighted by Crippen LogP contribution is -2.08. The van der Waals surface area contributed by atoms with Crippen molar-refractivity contribution in [1.82, 2.24) is 9.55 Å². The van der Waals surface area contributed by atoms with Crippen LogP contribution in [0.25, 0.3) is 11.3 Å². The van der Waals surface area contributed by atoms with Gasteiger partial charge in [0.25, 0.3) is 0 Å². The first kappa shape index (κ1) is 9.54. The summed E-state index contributed by atoms with van der Waals surface area (Å²) in [5.74, 6) is -0.209. The van der Waals surface area contributed by atoms with Gasteiger partial charge < -0.3 is 9.67 Å². The fourth-order valence-electron chi connectivity index (χ4n) is 2.41. The molecule has 3 rings (SSSR count). The number of aliphatic hydroxyl groups is 1. The molecule has 0 bridgehead atoms. The Morgan fingerprint density at radius 3 is 3.12 bits per heavy atom. The summed E-state index contributed by atoms with van der Waals surface area (Å²) in [6.07, 6.45) is 3.93. The standard InChI is InChI=1S/C12H11FN2O/c13-9-3-1-2-8-11-6-14-7-15(11)10(4-5-16)12(8)9/h1-3,6-7,10,16H,4-5H2. The van der Waals surface area contributed by atoms with Crippen LogP contribution in [0.15, 0.2) is 30.7 Å². The van der Waals surface area contributed by atoms with Crippen LogP contribution in [0, 0.1) is 5.82 Å². The Morgan fingerprint density at radius 1 is 1.44 bits per heavy atom. The molecule has 16 heavy (non-hydrogen) atoms. The lowest BCUT2D eigenvalue weighted by Gasteiger charge is -2.13. The van der Waals surface area contributed by atoms with Gasteiger partial charge in [-0.1, -0.05) is 12.1 Å². The number of benzene rings is 1. The van der Waals surface area contributed by atoms with Gasteiger partial charge in [-0.3, -0.25) is 0 Å². The van der Waals surface area contributed by atoms with E-state index in [1.54, 1.807) is 18.6 Å². The number of aromatic nitrogens is 2. The van der Waals surface area contributed by atoms with E-state index in [0.29, 0.717) is 12.0 Å². The first-order valence-corrected chi connectivity index (χ1v) is 5.24. The molecule has 1 aliphatic rings. The van der Waals surface area contributed by atoms with Crippen molar-refractivity contribution in [3.05, 3.63) is 42.1 Å². The zero-order valence-electron chi connectivity index (χ0n) is 8.60. The van der Waals surface area contributed by atoms with Crippen LogP contribution in [0.3, 0.4) is 0 Å². The van der Waals surface area contributed by atoms with E-state index in [2.05, 4.69) is 4.98 Å². The van der Waals surface area contributed by atoms with E-state index in [1.807, 2.05) is 10.6 Å². The van der Waals surface area contributed by atoms with Crippen molar-refractivity contribution in [3.8, 4) is 11.3 Å². The summed E-state index contributed by atoms with van der Waals surface area (Å²) >= 11 is 0. The Morgan fingerprint density at radius 2 is 2.31 bits per heavy atom. The van der Waals surface area contributed by atoms with Gasteiger partial charge >= 0.3 is 0 Å². The van der Waals surface area contributed by atoms with Crippen molar-refractivity contribution in [2.24, 2.45) is 0 Å². The number of nitrogens with zero attached hydrogens (tertiary/aromatic N) is 2. The van der Waals surface area contributed by atoms with Crippen molar-refractivity contribution in [2.75, 3.05) is 6.61 Å². The molecule has 0 saturated carbocycles. The molecule has 1 aromatic carbocycles. The van der Waals surface area contributed by atoms with E-state index in [-0.39, 0.29) is 18.5 Å². The third-order valence-corrected chi connectivity index (χ3v) is 3.07. The number of aliphatic hydroxyl groups excluding tert-OH is 1. The average molecular weight is 218 g/mol. The number of rotatable bonds is 2. The van der Waals surface area contributed by atoms with Crippen LogP contribution < -0.4 is 0 Å². The Balaban J connectivity index is 2.24. The van der Waals surface area contributed by atoms with Crippen LogP contribution >= 0.6 is 0 Å². The summed E-state index contributed by atoms with van der Waals surface area (Å²) in [4.78, 5) is 4.06. The molecule has 2 heterocycles. The first-order valence-electron chi connectivity index (χ1n) is 5.24. The van der Waals surface area contributed by atoms with E-state index < -0.39 is 0 Å². The highest BCUT2D eigenvalue weighted by atomic mass is 19.1. The minimum atomic E-state index is -0.209. The lowest BCUT2D eigenvalue weighted by molar-refractivity contribution is 0.269. The molecule has 1 unspecified atom stereocenters. The highest BCUT2D eigenvalue weighted by Gasteiger charge is 2.30. The molecule has 1 aliphatic heterocycles. The molecule has 1 N–H and O–H groups in total. The van der Waals surface area contributed by atoms with Crippen molar-refractivity contribution in [3.63, 3.8) is 0 Å². The minimum absolute atomic E-state index is 0.0378. The van der Waals surface area contributed by atoms with Crippen LogP contribution in [0.1, 0.15) is 18.0 Å². The molecule has 0 radical (unpaired) electrons. The molecular formula is C12H11FN2O. The van der Waals surface area contributed by atoms with Crippen LogP contribution in [0.4, 0.5) is 4.39 Å². The second-order valence-electron chi connectivity index (χ2n) is 3.92. The van der Waals surface area contributed by atoms with Gasteiger partial charge in [-0.2, -0.15) is 0 Å². The zero-order chi connectivity index (χ0) is 11.1. The fraction of sp³-hybridized carbons (Fsp3) is 0.250. The Kier molecular flexibility index (Phi) is 2.04. The van der Waals surface area contributed by atoms with Crippen LogP contribution in [-0.4, -0.2) is 21.3 Å². The second-order valence-corrected chi connectivity index (χ2v) is 3.92. The fourth-order valence-corrected chi connectivity index (χ4v) is 2.41. The monoisotopic (exact) mass is 218 g/mol. The quantitative estimate of drug-likeness (QED) is 0.836. The van der Waals surface area contributed by atoms with E-state index in [0.717, 1.165) is 11.3 Å². The summed E-state index contributed by atoms with van der Waals surface area (Å²) in [6.45, 7) is 0.0378. The number of fused-ring (bicyclic) bond motifs is 3. The Hall–Kier alpha value is -1.68. The van der Waals surface area contributed by atoms with Crippen LogP contribution in [-0.2, 0) is 0 Å². The molecule has 0 fully saturated rings. The highest BCUT2D eigenvalue weighted by Crippen LogP contribution is 2.41. The molecule has 4 heteroatoms. The van der Waals surface area contributed by atoms with Crippen molar-refractivity contribution in [1.29, 1.82) is 0 Å². The molecule has 0 saturated heterocycles. The third-order valence-electron chi connectivity index (χ3n) is 3.07. The SMILES string of the molecule is OCCC1c2c(F)cccc2-c2cncn21. The Bertz CT molecular complexity index is 536. The summed E-state index contributed by atoms with van der Waals surface area (Å²) in [7, 11) is 0. The predicted molar refractivity (Wildman–Crippen MR) is 57.5 cm³/mol. The zero-order valence-corrected chi connectivity index (χ0v) is 8.60. The molecule has 3 nitrogen and oxygen atoms in total. The molecule has 0 amide bonds. The summed E-state index contributed by atoms with van der Waals surface area (Å²) in [6, 6.07) is 4.93. The minimum Gasteiger partial charge on any atom is -0.396 e. The molecule has 0 aliphatic carbocycles. The highest BCUT2D eigenvalue weighted by molar-refractivity contribution is 5.69. The maximum Gasteiger partial charge on any atom is 0.129 e. The third kappa shape index (κ3) is 1.13. The smallest absolute Gasteiger partial charge is 0.129 e. The number of hydrogen-bond acceptors (Lipinski definition) is 2. The van der Waals surface area contributed by atoms with Gasteiger partial charge in [-0.25, -0.2) is 9.37 Å². The topological polar surface area (TPSA) is 38.1 Å². The molecule has 0 spiro atoms. The van der Waals surface area contributed by atoms with E-state index in [9.17, 15) is 4.39 Å². The van der Waals surface area contributed by atoms with Gasteiger partial charge in [0.05, 0.1) is 24.3 Å². The van der Waals surface area contributed by atoms with Crippen molar-refractivity contribution in [2.45, 2.75) is 12.5 Å². The maximum absolute atomic E-state index is 13.8. The Labute approximate surface area is 92.2 Å².